The Morgan fingerprint density at radius 2 is 1.00 bits per heavy atom. The van der Waals surface area contributed by atoms with Gasteiger partial charge in [0.25, 0.3) is 0 Å². The van der Waals surface area contributed by atoms with Crippen LogP contribution in [0.2, 0.25) is 0 Å². The summed E-state index contributed by atoms with van der Waals surface area (Å²) in [5, 5.41) is 20.3. The van der Waals surface area contributed by atoms with Crippen molar-refractivity contribution < 1.29 is 14.7 Å². The molecule has 0 aliphatic rings. The van der Waals surface area contributed by atoms with Gasteiger partial charge in [0.15, 0.2) is 0 Å². The van der Waals surface area contributed by atoms with Gasteiger partial charge in [-0.25, -0.2) is 0 Å². The van der Waals surface area contributed by atoms with E-state index in [1.54, 1.807) is 6.07 Å². The van der Waals surface area contributed by atoms with Gasteiger partial charge in [-0.2, -0.15) is 0 Å². The third-order valence-electron chi connectivity index (χ3n) is 7.70. The maximum absolute atomic E-state index is 10.3. The molecule has 192 valence electrons. The van der Waals surface area contributed by atoms with E-state index in [9.17, 15) is 10.2 Å². The summed E-state index contributed by atoms with van der Waals surface area (Å²) in [4.78, 5) is 0. The number of benzene rings is 1. The molecule has 0 fully saturated rings. The number of quaternary nitrogens is 1. The van der Waals surface area contributed by atoms with Crippen molar-refractivity contribution in [1.29, 1.82) is 0 Å². The summed E-state index contributed by atoms with van der Waals surface area (Å²) in [5.74, 6) is 0.679. The lowest BCUT2D eigenvalue weighted by molar-refractivity contribution is -0.929. The second-order valence-electron chi connectivity index (χ2n) is 10.5. The molecule has 3 nitrogen and oxygen atoms in total. The van der Waals surface area contributed by atoms with Gasteiger partial charge < -0.3 is 14.7 Å². The van der Waals surface area contributed by atoms with Gasteiger partial charge in [-0.15, -0.1) is 0 Å². The summed E-state index contributed by atoms with van der Waals surface area (Å²) >= 11 is 0. The lowest BCUT2D eigenvalue weighted by Crippen LogP contribution is -2.50. The number of hydrogen-bond donors (Lipinski definition) is 2. The average Bonchev–Trinajstić information content (AvgIpc) is 2.82. The molecule has 0 saturated heterocycles. The number of rotatable bonds is 20. The fourth-order valence-corrected chi connectivity index (χ4v) is 5.12. The van der Waals surface area contributed by atoms with Gasteiger partial charge in [0, 0.05) is 0 Å². The Hall–Kier alpha value is -1.22. The molecule has 0 heterocycles. The summed E-state index contributed by atoms with van der Waals surface area (Å²) in [6.07, 6.45) is 19.4. The van der Waals surface area contributed by atoms with E-state index >= 15 is 0 Å². The smallest absolute Gasteiger partial charge is 0.122 e. The number of phenolic OH excluding ortho intramolecular Hbond substituents is 2. The molecule has 0 aliphatic carbocycles. The van der Waals surface area contributed by atoms with Crippen molar-refractivity contribution in [2.24, 2.45) is 0 Å². The van der Waals surface area contributed by atoms with E-state index in [2.05, 4.69) is 20.8 Å². The second-order valence-corrected chi connectivity index (χ2v) is 10.5. The van der Waals surface area contributed by atoms with Crippen LogP contribution in [0.3, 0.4) is 0 Å². The molecule has 0 unspecified atom stereocenters. The minimum Gasteiger partial charge on any atom is -0.508 e. The zero-order valence-electron chi connectivity index (χ0n) is 22.9. The van der Waals surface area contributed by atoms with Crippen molar-refractivity contribution in [2.75, 3.05) is 26.2 Å². The fraction of sp³-hybridized carbons (Fsp3) is 0.800. The molecular formula is C30H56NO2+. The van der Waals surface area contributed by atoms with Crippen molar-refractivity contribution in [2.45, 2.75) is 131 Å². The summed E-state index contributed by atoms with van der Waals surface area (Å²) in [6, 6.07) is 1.75. The molecule has 3 heteroatoms. The zero-order chi connectivity index (χ0) is 24.5. The number of nitrogens with zero attached hydrogens (tertiary/aromatic N) is 1. The first kappa shape index (κ1) is 29.8. The van der Waals surface area contributed by atoms with E-state index in [0.29, 0.717) is 11.5 Å². The third-order valence-corrected chi connectivity index (χ3v) is 7.70. The van der Waals surface area contributed by atoms with Gasteiger partial charge in [-0.1, -0.05) is 72.1 Å². The molecule has 1 rings (SSSR count). The van der Waals surface area contributed by atoms with Crippen molar-refractivity contribution in [3.8, 4) is 11.5 Å². The van der Waals surface area contributed by atoms with Crippen molar-refractivity contribution in [3.63, 3.8) is 0 Å². The average molecular weight is 463 g/mol. The minimum absolute atomic E-state index is 0.307. The Balaban J connectivity index is 2.25. The van der Waals surface area contributed by atoms with Crippen LogP contribution in [0.1, 0.15) is 127 Å². The largest absolute Gasteiger partial charge is 0.508 e. The zero-order valence-corrected chi connectivity index (χ0v) is 22.9. The molecule has 33 heavy (non-hydrogen) atoms. The lowest BCUT2D eigenvalue weighted by Gasteiger charge is -2.39. The molecule has 1 aromatic rings. The maximum atomic E-state index is 10.3. The van der Waals surface area contributed by atoms with Crippen LogP contribution in [0.4, 0.5) is 0 Å². The molecule has 0 aromatic heterocycles. The van der Waals surface area contributed by atoms with Gasteiger partial charge in [0.05, 0.1) is 26.2 Å². The summed E-state index contributed by atoms with van der Waals surface area (Å²) in [5.41, 5.74) is 2.49. The van der Waals surface area contributed by atoms with Crippen molar-refractivity contribution in [3.05, 3.63) is 22.8 Å². The van der Waals surface area contributed by atoms with Crippen LogP contribution < -0.4 is 0 Å². The molecule has 0 amide bonds. The van der Waals surface area contributed by atoms with Crippen LogP contribution in [-0.2, 0) is 6.42 Å². The number of unbranched alkanes of at least 4 members (excludes halogenated alkanes) is 10. The molecular weight excluding hydrogens is 406 g/mol. The minimum atomic E-state index is 0.307. The highest BCUT2D eigenvalue weighted by Gasteiger charge is 2.25. The quantitative estimate of drug-likeness (QED) is 0.116. The van der Waals surface area contributed by atoms with E-state index in [-0.39, 0.29) is 0 Å². The predicted molar refractivity (Wildman–Crippen MR) is 144 cm³/mol. The van der Waals surface area contributed by atoms with Crippen molar-refractivity contribution in [1.82, 2.24) is 0 Å². The predicted octanol–water partition coefficient (Wildman–Crippen LogP) is 8.60. The van der Waals surface area contributed by atoms with E-state index in [1.165, 1.54) is 114 Å². The Labute approximate surface area is 206 Å². The van der Waals surface area contributed by atoms with E-state index in [0.717, 1.165) is 29.5 Å². The third kappa shape index (κ3) is 11.2. The Morgan fingerprint density at radius 3 is 1.48 bits per heavy atom. The van der Waals surface area contributed by atoms with Crippen LogP contribution in [0.15, 0.2) is 6.07 Å². The van der Waals surface area contributed by atoms with Crippen LogP contribution in [0.5, 0.6) is 11.5 Å². The maximum Gasteiger partial charge on any atom is 0.122 e. The van der Waals surface area contributed by atoms with Crippen LogP contribution in [0, 0.1) is 13.8 Å². The first-order valence-electron chi connectivity index (χ1n) is 14.3. The topological polar surface area (TPSA) is 40.5 Å². The van der Waals surface area contributed by atoms with Gasteiger partial charge in [0.2, 0.25) is 0 Å². The van der Waals surface area contributed by atoms with Gasteiger partial charge in [-0.3, -0.25) is 0 Å². The Morgan fingerprint density at radius 1 is 0.576 bits per heavy atom. The summed E-state index contributed by atoms with van der Waals surface area (Å²) in [6.45, 7) is 16.3. The molecule has 0 radical (unpaired) electrons. The van der Waals surface area contributed by atoms with Crippen LogP contribution in [-0.4, -0.2) is 40.9 Å². The van der Waals surface area contributed by atoms with Gasteiger partial charge in [-0.05, 0) is 81.5 Å². The normalized spacial score (nSPS) is 11.9. The molecule has 0 spiro atoms. The summed E-state index contributed by atoms with van der Waals surface area (Å²) in [7, 11) is 0. The monoisotopic (exact) mass is 462 g/mol. The van der Waals surface area contributed by atoms with Crippen LogP contribution in [0.25, 0.3) is 0 Å². The Bertz CT molecular complexity index is 619. The second kappa shape index (κ2) is 17.2. The number of phenols is 2. The molecule has 0 saturated carbocycles. The van der Waals surface area contributed by atoms with Crippen LogP contribution >= 0.6 is 0 Å². The SMILES string of the molecule is CCCC[N+](CCCC)(CCCC)CCCCCCCCCCc1cc(O)c(C)c(C)c1O. The highest BCUT2D eigenvalue weighted by molar-refractivity contribution is 5.51. The van der Waals surface area contributed by atoms with E-state index in [1.807, 2.05) is 13.8 Å². The lowest BCUT2D eigenvalue weighted by atomic mass is 9.98. The van der Waals surface area contributed by atoms with E-state index in [4.69, 9.17) is 0 Å². The van der Waals surface area contributed by atoms with Gasteiger partial charge in [0.1, 0.15) is 11.5 Å². The molecule has 0 atom stereocenters. The highest BCUT2D eigenvalue weighted by Crippen LogP contribution is 2.32. The fourth-order valence-electron chi connectivity index (χ4n) is 5.12. The standard InChI is InChI=1S/C30H55NO2/c1-6-9-21-31(22-10-7-2,23-11-8-3)24-19-17-15-13-12-14-16-18-20-28-25-29(32)26(4)27(5)30(28)33/h25H,6-24H2,1-5H3,(H-,32,33)/p+1. The summed E-state index contributed by atoms with van der Waals surface area (Å²) < 4.78 is 1.39. The first-order valence-corrected chi connectivity index (χ1v) is 14.3. The molecule has 0 bridgehead atoms. The van der Waals surface area contributed by atoms with E-state index < -0.39 is 0 Å². The highest BCUT2D eigenvalue weighted by atomic mass is 16.3. The number of aromatic hydroxyl groups is 2. The number of hydrogen-bond acceptors (Lipinski definition) is 2. The Kier molecular flexibility index (Phi) is 15.6. The molecule has 1 aromatic carbocycles. The number of aryl methyl sites for hydroxylation is 1. The molecule has 0 aliphatic heterocycles. The molecule has 2 N–H and O–H groups in total. The first-order chi connectivity index (χ1) is 15.9. The van der Waals surface area contributed by atoms with Gasteiger partial charge >= 0.3 is 0 Å². The van der Waals surface area contributed by atoms with Crippen molar-refractivity contribution >= 4 is 0 Å².